The van der Waals surface area contributed by atoms with Crippen molar-refractivity contribution >= 4 is 23.9 Å². The largest absolute Gasteiger partial charge is 0.461 e. The van der Waals surface area contributed by atoms with Gasteiger partial charge in [0.05, 0.1) is 28.5 Å². The predicted octanol–water partition coefficient (Wildman–Crippen LogP) is 5.54. The second kappa shape index (κ2) is 14.2. The van der Waals surface area contributed by atoms with E-state index in [1.54, 1.807) is 121 Å². The van der Waals surface area contributed by atoms with Gasteiger partial charge in [0.2, 0.25) is 0 Å². The third kappa shape index (κ3) is 8.63. The smallest absolute Gasteiger partial charge is 0.338 e. The molecule has 4 rings (SSSR count). The van der Waals surface area contributed by atoms with Crippen molar-refractivity contribution in [3.8, 4) is 5.75 Å². The van der Waals surface area contributed by atoms with E-state index in [2.05, 4.69) is 0 Å². The highest BCUT2D eigenvalue weighted by Gasteiger charge is 2.39. The van der Waals surface area contributed by atoms with Gasteiger partial charge in [0.25, 0.3) is 0 Å². The van der Waals surface area contributed by atoms with Crippen molar-refractivity contribution in [2.45, 2.75) is 6.42 Å². The molecule has 0 saturated heterocycles. The molecule has 0 radical (unpaired) electrons. The van der Waals surface area contributed by atoms with Crippen molar-refractivity contribution in [1.82, 2.24) is 0 Å². The van der Waals surface area contributed by atoms with Gasteiger partial charge in [-0.1, -0.05) is 72.8 Å². The van der Waals surface area contributed by atoms with Crippen LogP contribution in [0.25, 0.3) is 0 Å². The lowest BCUT2D eigenvalue weighted by atomic mass is 9.86. The third-order valence-electron chi connectivity index (χ3n) is 6.05. The number of para-hydroxylation sites is 1. The Labute approximate surface area is 237 Å². The maximum Gasteiger partial charge on any atom is 0.338 e. The van der Waals surface area contributed by atoms with Gasteiger partial charge in [-0.3, -0.25) is 4.79 Å². The topological polar surface area (TPSA) is 105 Å². The summed E-state index contributed by atoms with van der Waals surface area (Å²) < 4.78 is 22.3. The van der Waals surface area contributed by atoms with E-state index in [0.29, 0.717) is 5.75 Å². The maximum atomic E-state index is 13.1. The van der Waals surface area contributed by atoms with Crippen LogP contribution >= 0.6 is 0 Å². The Morgan fingerprint density at radius 3 is 1.12 bits per heavy atom. The van der Waals surface area contributed by atoms with Gasteiger partial charge >= 0.3 is 23.9 Å². The summed E-state index contributed by atoms with van der Waals surface area (Å²) in [7, 11) is 0. The zero-order valence-electron chi connectivity index (χ0n) is 22.1. The SMILES string of the molecule is O=C(CC(COC(=O)c1ccccc1)(COC(=O)c1ccccc1)COC(=O)c1ccccc1)Oc1ccccc1. The third-order valence-corrected chi connectivity index (χ3v) is 6.05. The van der Waals surface area contributed by atoms with E-state index in [1.807, 2.05) is 0 Å². The van der Waals surface area contributed by atoms with Crippen molar-refractivity contribution in [3.63, 3.8) is 0 Å². The molecular weight excluding hydrogens is 524 g/mol. The minimum absolute atomic E-state index is 0.288. The van der Waals surface area contributed by atoms with Crippen LogP contribution < -0.4 is 4.74 Å². The molecule has 8 nitrogen and oxygen atoms in total. The number of esters is 4. The van der Waals surface area contributed by atoms with Crippen LogP contribution in [0.3, 0.4) is 0 Å². The van der Waals surface area contributed by atoms with Crippen molar-refractivity contribution < 1.29 is 38.1 Å². The maximum absolute atomic E-state index is 13.1. The van der Waals surface area contributed by atoms with Crippen molar-refractivity contribution in [2.75, 3.05) is 19.8 Å². The average Bonchev–Trinajstić information content (AvgIpc) is 3.03. The molecule has 0 aliphatic rings. The van der Waals surface area contributed by atoms with E-state index in [0.717, 1.165) is 0 Å². The van der Waals surface area contributed by atoms with Crippen LogP contribution in [0.2, 0.25) is 0 Å². The van der Waals surface area contributed by atoms with Crippen LogP contribution in [-0.2, 0) is 19.0 Å². The summed E-state index contributed by atoms with van der Waals surface area (Å²) >= 11 is 0. The van der Waals surface area contributed by atoms with Gasteiger partial charge in [-0.2, -0.15) is 0 Å². The highest BCUT2D eigenvalue weighted by molar-refractivity contribution is 5.90. The fourth-order valence-electron chi connectivity index (χ4n) is 3.87. The molecule has 0 heterocycles. The first-order chi connectivity index (χ1) is 19.9. The number of carbonyl (C=O) groups excluding carboxylic acids is 4. The van der Waals surface area contributed by atoms with Crippen LogP contribution in [0.5, 0.6) is 5.75 Å². The molecular formula is C33H28O8. The van der Waals surface area contributed by atoms with E-state index in [9.17, 15) is 19.2 Å². The number of hydrogen-bond acceptors (Lipinski definition) is 8. The Morgan fingerprint density at radius 1 is 0.463 bits per heavy atom. The molecule has 8 heteroatoms. The molecule has 0 saturated carbocycles. The molecule has 0 atom stereocenters. The molecule has 4 aromatic carbocycles. The summed E-state index contributed by atoms with van der Waals surface area (Å²) in [6.07, 6.45) is -0.395. The molecule has 0 bridgehead atoms. The fourth-order valence-corrected chi connectivity index (χ4v) is 3.87. The lowest BCUT2D eigenvalue weighted by Gasteiger charge is -2.31. The zero-order chi connectivity index (χ0) is 28.9. The van der Waals surface area contributed by atoms with E-state index < -0.39 is 55.5 Å². The minimum atomic E-state index is -1.47. The molecule has 4 aromatic rings. The summed E-state index contributed by atoms with van der Waals surface area (Å²) in [6.45, 7) is -1.22. The van der Waals surface area contributed by atoms with E-state index >= 15 is 0 Å². The van der Waals surface area contributed by atoms with Crippen LogP contribution in [0, 0.1) is 5.41 Å². The molecule has 0 unspecified atom stereocenters. The van der Waals surface area contributed by atoms with E-state index in [-0.39, 0.29) is 16.7 Å². The van der Waals surface area contributed by atoms with Crippen molar-refractivity contribution in [1.29, 1.82) is 0 Å². The number of rotatable bonds is 12. The summed E-state index contributed by atoms with van der Waals surface area (Å²) in [4.78, 5) is 51.6. The lowest BCUT2D eigenvalue weighted by Crippen LogP contribution is -2.42. The number of hydrogen-bond donors (Lipinski definition) is 0. The minimum Gasteiger partial charge on any atom is -0.461 e. The second-order valence-corrected chi connectivity index (χ2v) is 9.29. The Bertz CT molecular complexity index is 1300. The van der Waals surface area contributed by atoms with E-state index in [4.69, 9.17) is 18.9 Å². The molecule has 0 fully saturated rings. The summed E-state index contributed by atoms with van der Waals surface area (Å²) in [5.74, 6) is -2.37. The van der Waals surface area contributed by atoms with E-state index in [1.165, 1.54) is 0 Å². The lowest BCUT2D eigenvalue weighted by molar-refractivity contribution is -0.141. The number of ether oxygens (including phenoxy) is 4. The van der Waals surface area contributed by atoms with Gasteiger partial charge in [-0.05, 0) is 48.5 Å². The van der Waals surface area contributed by atoms with Gasteiger partial charge in [0.1, 0.15) is 25.6 Å². The number of carbonyl (C=O) groups is 4. The molecule has 0 N–H and O–H groups in total. The van der Waals surface area contributed by atoms with Crippen molar-refractivity contribution in [2.24, 2.45) is 5.41 Å². The van der Waals surface area contributed by atoms with Crippen LogP contribution in [0.15, 0.2) is 121 Å². The summed E-state index contributed by atoms with van der Waals surface area (Å²) in [5.41, 5.74) is -0.604. The number of benzene rings is 4. The molecule has 208 valence electrons. The molecule has 0 aliphatic carbocycles. The molecule has 0 spiro atoms. The Balaban J connectivity index is 1.59. The molecule has 0 aliphatic heterocycles. The van der Waals surface area contributed by atoms with Gasteiger partial charge in [-0.15, -0.1) is 0 Å². The first-order valence-electron chi connectivity index (χ1n) is 12.9. The second-order valence-electron chi connectivity index (χ2n) is 9.29. The standard InChI is InChI=1S/C33H28O8/c34-29(41-28-19-11-4-12-20-28)21-33(22-38-30(35)25-13-5-1-6-14-25,23-39-31(36)26-15-7-2-8-16-26)24-40-32(37)27-17-9-3-10-18-27/h1-20H,21-24H2. The molecule has 0 amide bonds. The van der Waals surface area contributed by atoms with Gasteiger partial charge in [0.15, 0.2) is 0 Å². The van der Waals surface area contributed by atoms with Crippen LogP contribution in [-0.4, -0.2) is 43.7 Å². The molecule has 0 aromatic heterocycles. The van der Waals surface area contributed by atoms with Crippen LogP contribution in [0.1, 0.15) is 37.5 Å². The fraction of sp³-hybridized carbons (Fsp3) is 0.152. The summed E-state index contributed by atoms with van der Waals surface area (Å²) in [6, 6.07) is 33.3. The highest BCUT2D eigenvalue weighted by Crippen LogP contribution is 2.28. The normalized spacial score (nSPS) is 10.7. The quantitative estimate of drug-likeness (QED) is 0.128. The van der Waals surface area contributed by atoms with Gasteiger partial charge in [-0.25, -0.2) is 14.4 Å². The van der Waals surface area contributed by atoms with Gasteiger partial charge < -0.3 is 18.9 Å². The predicted molar refractivity (Wildman–Crippen MR) is 149 cm³/mol. The first-order valence-corrected chi connectivity index (χ1v) is 12.9. The van der Waals surface area contributed by atoms with Crippen molar-refractivity contribution in [3.05, 3.63) is 138 Å². The van der Waals surface area contributed by atoms with Crippen LogP contribution in [0.4, 0.5) is 0 Å². The Hall–Kier alpha value is -5.24. The Morgan fingerprint density at radius 2 is 0.780 bits per heavy atom. The molecule has 41 heavy (non-hydrogen) atoms. The zero-order valence-corrected chi connectivity index (χ0v) is 22.1. The van der Waals surface area contributed by atoms with Gasteiger partial charge in [0, 0.05) is 0 Å². The average molecular weight is 553 g/mol. The highest BCUT2D eigenvalue weighted by atomic mass is 16.6. The summed E-state index contributed by atoms with van der Waals surface area (Å²) in [5, 5.41) is 0. The monoisotopic (exact) mass is 552 g/mol. The Kier molecular flexibility index (Phi) is 9.98. The first kappa shape index (κ1) is 28.8.